The van der Waals surface area contributed by atoms with Gasteiger partial charge in [0, 0.05) is 15.1 Å². The molecule has 0 radical (unpaired) electrons. The normalized spacial score (nSPS) is 12.4. The Hall–Kier alpha value is -0.770. The fraction of sp³-hybridized carbons (Fsp3) is 0.200. The lowest BCUT2D eigenvalue weighted by Crippen LogP contribution is -2.29. The van der Waals surface area contributed by atoms with Crippen LogP contribution in [0.2, 0.25) is 15.1 Å². The molecule has 1 unspecified atom stereocenters. The highest BCUT2D eigenvalue weighted by Gasteiger charge is 2.13. The number of nitrogens with one attached hydrogen (secondary N) is 1. The SMILES string of the molecule is Cc1ccc(C(Cc2ccc(Cl)cc2Cl)NN)cc1Cl. The zero-order valence-electron chi connectivity index (χ0n) is 11.0. The molecule has 0 aliphatic rings. The molecular formula is C15H15Cl3N2. The van der Waals surface area contributed by atoms with E-state index in [9.17, 15) is 0 Å². The van der Waals surface area contributed by atoms with E-state index < -0.39 is 0 Å². The number of hydrazine groups is 1. The van der Waals surface area contributed by atoms with E-state index in [1.165, 1.54) is 0 Å². The van der Waals surface area contributed by atoms with Crippen molar-refractivity contribution in [2.75, 3.05) is 0 Å². The van der Waals surface area contributed by atoms with Crippen molar-refractivity contribution in [3.8, 4) is 0 Å². The number of nitrogens with two attached hydrogens (primary N) is 1. The van der Waals surface area contributed by atoms with Gasteiger partial charge < -0.3 is 0 Å². The van der Waals surface area contributed by atoms with Crippen LogP contribution >= 0.6 is 34.8 Å². The summed E-state index contributed by atoms with van der Waals surface area (Å²) in [6, 6.07) is 11.3. The van der Waals surface area contributed by atoms with E-state index in [2.05, 4.69) is 5.43 Å². The number of aryl methyl sites for hydroxylation is 1. The van der Waals surface area contributed by atoms with Crippen LogP contribution < -0.4 is 11.3 Å². The molecule has 2 aromatic carbocycles. The lowest BCUT2D eigenvalue weighted by molar-refractivity contribution is 0.552. The topological polar surface area (TPSA) is 38.0 Å². The van der Waals surface area contributed by atoms with Crippen molar-refractivity contribution in [3.05, 3.63) is 68.2 Å². The Bertz CT molecular complexity index is 614. The van der Waals surface area contributed by atoms with Crippen LogP contribution in [-0.4, -0.2) is 0 Å². The molecule has 0 bridgehead atoms. The summed E-state index contributed by atoms with van der Waals surface area (Å²) in [6.07, 6.45) is 0.659. The van der Waals surface area contributed by atoms with Crippen LogP contribution in [0.4, 0.5) is 0 Å². The minimum atomic E-state index is -0.0632. The third-order valence-corrected chi connectivity index (χ3v) is 4.23. The van der Waals surface area contributed by atoms with E-state index in [1.54, 1.807) is 6.07 Å². The van der Waals surface area contributed by atoms with E-state index in [1.807, 2.05) is 37.3 Å². The Labute approximate surface area is 133 Å². The highest BCUT2D eigenvalue weighted by molar-refractivity contribution is 6.35. The summed E-state index contributed by atoms with van der Waals surface area (Å²) in [6.45, 7) is 1.97. The maximum atomic E-state index is 6.20. The maximum absolute atomic E-state index is 6.20. The minimum absolute atomic E-state index is 0.0632. The van der Waals surface area contributed by atoms with Gasteiger partial charge in [-0.2, -0.15) is 0 Å². The zero-order valence-corrected chi connectivity index (χ0v) is 13.2. The average molecular weight is 330 g/mol. The first-order chi connectivity index (χ1) is 9.51. The first-order valence-corrected chi connectivity index (χ1v) is 7.30. The van der Waals surface area contributed by atoms with Crippen molar-refractivity contribution in [1.82, 2.24) is 5.43 Å². The van der Waals surface area contributed by atoms with Crippen molar-refractivity contribution in [2.45, 2.75) is 19.4 Å². The Morgan fingerprint density at radius 3 is 2.40 bits per heavy atom. The minimum Gasteiger partial charge on any atom is -0.271 e. The fourth-order valence-corrected chi connectivity index (χ4v) is 2.68. The molecule has 0 aromatic heterocycles. The molecule has 0 heterocycles. The second-order valence-electron chi connectivity index (χ2n) is 4.67. The Morgan fingerprint density at radius 1 is 1.05 bits per heavy atom. The zero-order chi connectivity index (χ0) is 14.7. The molecule has 3 N–H and O–H groups in total. The average Bonchev–Trinajstić information content (AvgIpc) is 2.41. The molecule has 2 aromatic rings. The number of benzene rings is 2. The van der Waals surface area contributed by atoms with Gasteiger partial charge in [-0.05, 0) is 48.2 Å². The van der Waals surface area contributed by atoms with Gasteiger partial charge in [0.05, 0.1) is 6.04 Å². The summed E-state index contributed by atoms with van der Waals surface area (Å²) in [5.41, 5.74) is 5.85. The summed E-state index contributed by atoms with van der Waals surface area (Å²) in [5, 5.41) is 1.98. The molecule has 1 atom stereocenters. The van der Waals surface area contributed by atoms with Gasteiger partial charge in [0.1, 0.15) is 0 Å². The first-order valence-electron chi connectivity index (χ1n) is 6.17. The molecule has 0 aliphatic carbocycles. The van der Waals surface area contributed by atoms with Gasteiger partial charge in [0.25, 0.3) is 0 Å². The predicted octanol–water partition coefficient (Wildman–Crippen LogP) is 4.70. The molecule has 2 rings (SSSR count). The molecule has 0 aliphatic heterocycles. The van der Waals surface area contributed by atoms with Crippen molar-refractivity contribution in [3.63, 3.8) is 0 Å². The van der Waals surface area contributed by atoms with E-state index >= 15 is 0 Å². The largest absolute Gasteiger partial charge is 0.271 e. The fourth-order valence-electron chi connectivity index (χ4n) is 2.01. The molecule has 0 saturated heterocycles. The lowest BCUT2D eigenvalue weighted by Gasteiger charge is -2.18. The van der Waals surface area contributed by atoms with Crippen LogP contribution in [0.1, 0.15) is 22.7 Å². The van der Waals surface area contributed by atoms with Gasteiger partial charge in [-0.25, -0.2) is 0 Å². The number of rotatable bonds is 4. The molecule has 5 heteroatoms. The Balaban J connectivity index is 2.26. The van der Waals surface area contributed by atoms with Crippen LogP contribution in [0.25, 0.3) is 0 Å². The smallest absolute Gasteiger partial charge is 0.0501 e. The number of hydrogen-bond donors (Lipinski definition) is 2. The van der Waals surface area contributed by atoms with E-state index in [0.29, 0.717) is 16.5 Å². The summed E-state index contributed by atoms with van der Waals surface area (Å²) < 4.78 is 0. The maximum Gasteiger partial charge on any atom is 0.0501 e. The highest BCUT2D eigenvalue weighted by Crippen LogP contribution is 2.27. The molecule has 0 fully saturated rings. The molecule has 0 amide bonds. The predicted molar refractivity (Wildman–Crippen MR) is 86.4 cm³/mol. The van der Waals surface area contributed by atoms with Crippen LogP contribution in [0.15, 0.2) is 36.4 Å². The third-order valence-electron chi connectivity index (χ3n) is 3.24. The molecule has 0 saturated carbocycles. The summed E-state index contributed by atoms with van der Waals surface area (Å²) >= 11 is 18.3. The van der Waals surface area contributed by atoms with Crippen molar-refractivity contribution < 1.29 is 0 Å². The summed E-state index contributed by atoms with van der Waals surface area (Å²) in [4.78, 5) is 0. The Morgan fingerprint density at radius 2 is 1.80 bits per heavy atom. The van der Waals surface area contributed by atoms with Gasteiger partial charge >= 0.3 is 0 Å². The van der Waals surface area contributed by atoms with E-state index in [0.717, 1.165) is 21.7 Å². The highest BCUT2D eigenvalue weighted by atomic mass is 35.5. The van der Waals surface area contributed by atoms with Crippen molar-refractivity contribution in [1.29, 1.82) is 0 Å². The number of hydrogen-bond acceptors (Lipinski definition) is 2. The number of halogens is 3. The van der Waals surface area contributed by atoms with Crippen LogP contribution in [-0.2, 0) is 6.42 Å². The standard InChI is InChI=1S/C15H15Cl3N2/c1-9-2-3-11(6-13(9)17)15(20-19)7-10-4-5-12(16)8-14(10)18/h2-6,8,15,20H,7,19H2,1H3. The van der Waals surface area contributed by atoms with Gasteiger partial charge in [-0.15, -0.1) is 0 Å². The first kappa shape index (κ1) is 15.6. The van der Waals surface area contributed by atoms with Crippen LogP contribution in [0.5, 0.6) is 0 Å². The van der Waals surface area contributed by atoms with Crippen LogP contribution in [0.3, 0.4) is 0 Å². The quantitative estimate of drug-likeness (QED) is 0.630. The van der Waals surface area contributed by atoms with Gasteiger partial charge in [0.2, 0.25) is 0 Å². The molecular weight excluding hydrogens is 315 g/mol. The lowest BCUT2D eigenvalue weighted by atomic mass is 9.98. The molecule has 106 valence electrons. The Kier molecular flexibility index (Phi) is 5.30. The van der Waals surface area contributed by atoms with Crippen molar-refractivity contribution in [2.24, 2.45) is 5.84 Å². The van der Waals surface area contributed by atoms with E-state index in [4.69, 9.17) is 40.6 Å². The van der Waals surface area contributed by atoms with Crippen LogP contribution in [0, 0.1) is 6.92 Å². The second-order valence-corrected chi connectivity index (χ2v) is 5.92. The monoisotopic (exact) mass is 328 g/mol. The molecule has 20 heavy (non-hydrogen) atoms. The van der Waals surface area contributed by atoms with Crippen molar-refractivity contribution >= 4 is 34.8 Å². The third kappa shape index (κ3) is 3.66. The van der Waals surface area contributed by atoms with Gasteiger partial charge in [-0.1, -0.05) is 53.0 Å². The van der Waals surface area contributed by atoms with Gasteiger partial charge in [-0.3, -0.25) is 11.3 Å². The molecule has 2 nitrogen and oxygen atoms in total. The van der Waals surface area contributed by atoms with Gasteiger partial charge in [0.15, 0.2) is 0 Å². The molecule has 0 spiro atoms. The summed E-state index contributed by atoms with van der Waals surface area (Å²) in [7, 11) is 0. The second kappa shape index (κ2) is 6.79. The summed E-state index contributed by atoms with van der Waals surface area (Å²) in [5.74, 6) is 5.66. The van der Waals surface area contributed by atoms with E-state index in [-0.39, 0.29) is 6.04 Å².